The van der Waals surface area contributed by atoms with E-state index in [4.69, 9.17) is 9.84 Å². The Morgan fingerprint density at radius 3 is 3.00 bits per heavy atom. The first kappa shape index (κ1) is 15.8. The summed E-state index contributed by atoms with van der Waals surface area (Å²) in [5, 5.41) is 20.0. The molecule has 0 radical (unpaired) electrons. The van der Waals surface area contributed by atoms with Crippen LogP contribution in [0.5, 0.6) is 0 Å². The van der Waals surface area contributed by atoms with E-state index in [9.17, 15) is 9.59 Å². The number of methoxy groups -OCH3 is 1. The maximum atomic E-state index is 11.8. The van der Waals surface area contributed by atoms with Gasteiger partial charge in [-0.3, -0.25) is 4.79 Å². The molecular formula is C12H18N4O4S. The number of nitrogens with one attached hydrogen (secondary N) is 1. The van der Waals surface area contributed by atoms with E-state index in [1.165, 1.54) is 18.9 Å². The van der Waals surface area contributed by atoms with Gasteiger partial charge in [0.05, 0.1) is 5.75 Å². The van der Waals surface area contributed by atoms with Gasteiger partial charge in [0, 0.05) is 26.2 Å². The van der Waals surface area contributed by atoms with Crippen molar-refractivity contribution in [3.63, 3.8) is 0 Å². The Bertz CT molecular complexity index is 503. The van der Waals surface area contributed by atoms with Gasteiger partial charge < -0.3 is 19.7 Å². The van der Waals surface area contributed by atoms with Crippen molar-refractivity contribution in [2.24, 2.45) is 0 Å². The molecule has 2 rings (SSSR count). The molecule has 1 fully saturated rings. The monoisotopic (exact) mass is 314 g/mol. The van der Waals surface area contributed by atoms with E-state index in [2.05, 4.69) is 15.5 Å². The van der Waals surface area contributed by atoms with E-state index in [0.717, 1.165) is 12.8 Å². The molecule has 8 nitrogen and oxygen atoms in total. The van der Waals surface area contributed by atoms with Gasteiger partial charge in [0.15, 0.2) is 5.16 Å². The third-order valence-electron chi connectivity index (χ3n) is 3.06. The van der Waals surface area contributed by atoms with Gasteiger partial charge >= 0.3 is 5.97 Å². The van der Waals surface area contributed by atoms with Gasteiger partial charge in [-0.15, -0.1) is 10.2 Å². The highest BCUT2D eigenvalue weighted by molar-refractivity contribution is 7.99. The molecule has 9 heteroatoms. The van der Waals surface area contributed by atoms with Gasteiger partial charge in [-0.25, -0.2) is 4.79 Å². The van der Waals surface area contributed by atoms with E-state index in [0.29, 0.717) is 11.2 Å². The highest BCUT2D eigenvalue weighted by Gasteiger charge is 2.26. The lowest BCUT2D eigenvalue weighted by Crippen LogP contribution is -2.42. The number of hydrogen-bond acceptors (Lipinski definition) is 6. The highest BCUT2D eigenvalue weighted by Crippen LogP contribution is 2.37. The van der Waals surface area contributed by atoms with Crippen LogP contribution in [0.3, 0.4) is 0 Å². The Balaban J connectivity index is 1.80. The van der Waals surface area contributed by atoms with Crippen LogP contribution in [-0.4, -0.2) is 57.3 Å². The maximum Gasteiger partial charge on any atom is 0.326 e. The molecule has 1 amide bonds. The molecule has 1 aliphatic carbocycles. The summed E-state index contributed by atoms with van der Waals surface area (Å²) in [4.78, 5) is 22.8. The summed E-state index contributed by atoms with van der Waals surface area (Å²) >= 11 is 1.26. The molecule has 21 heavy (non-hydrogen) atoms. The Hall–Kier alpha value is -1.61. The molecule has 1 heterocycles. The van der Waals surface area contributed by atoms with Crippen molar-refractivity contribution in [1.82, 2.24) is 20.1 Å². The molecule has 0 aliphatic heterocycles. The van der Waals surface area contributed by atoms with Crippen LogP contribution >= 0.6 is 11.8 Å². The Labute approximate surface area is 126 Å². The largest absolute Gasteiger partial charge is 0.480 e. The van der Waals surface area contributed by atoms with Gasteiger partial charge in [0.25, 0.3) is 0 Å². The van der Waals surface area contributed by atoms with Crippen LogP contribution in [0.4, 0.5) is 0 Å². The third kappa shape index (κ3) is 4.71. The van der Waals surface area contributed by atoms with E-state index < -0.39 is 12.0 Å². The summed E-state index contributed by atoms with van der Waals surface area (Å²) in [6.07, 6.45) is 4.11. The third-order valence-corrected chi connectivity index (χ3v) is 4.01. The fourth-order valence-electron chi connectivity index (χ4n) is 1.80. The summed E-state index contributed by atoms with van der Waals surface area (Å²) < 4.78 is 6.79. The number of aromatic nitrogens is 3. The topological polar surface area (TPSA) is 106 Å². The van der Waals surface area contributed by atoms with Gasteiger partial charge in [-0.2, -0.15) is 0 Å². The summed E-state index contributed by atoms with van der Waals surface area (Å²) in [5.41, 5.74) is 0. The van der Waals surface area contributed by atoms with Crippen molar-refractivity contribution in [2.75, 3.05) is 19.5 Å². The zero-order valence-corrected chi connectivity index (χ0v) is 12.5. The molecular weight excluding hydrogens is 296 g/mol. The molecule has 1 aromatic rings. The first-order chi connectivity index (χ1) is 10.1. The predicted octanol–water partition coefficient (Wildman–Crippen LogP) is 0.311. The molecule has 116 valence electrons. The molecule has 0 bridgehead atoms. The minimum absolute atomic E-state index is 0.113. The van der Waals surface area contributed by atoms with Crippen LogP contribution in [0.2, 0.25) is 0 Å². The van der Waals surface area contributed by atoms with Gasteiger partial charge in [0.2, 0.25) is 5.91 Å². The molecule has 2 N–H and O–H groups in total. The van der Waals surface area contributed by atoms with Crippen LogP contribution in [-0.2, 0) is 14.3 Å². The average molecular weight is 314 g/mol. The minimum atomic E-state index is -1.06. The van der Waals surface area contributed by atoms with E-state index in [1.54, 1.807) is 6.33 Å². The van der Waals surface area contributed by atoms with E-state index >= 15 is 0 Å². The minimum Gasteiger partial charge on any atom is -0.480 e. The molecule has 1 saturated carbocycles. The number of aliphatic carboxylic acids is 1. The van der Waals surface area contributed by atoms with E-state index in [1.807, 2.05) is 4.57 Å². The zero-order chi connectivity index (χ0) is 15.2. The standard InChI is InChI=1S/C12H18N4O4S/c1-20-5-4-9(11(18)19)14-10(17)6-21-12-15-13-7-16(12)8-2-3-8/h7-9H,2-6H2,1H3,(H,14,17)(H,18,19). The van der Waals surface area contributed by atoms with Gasteiger partial charge in [-0.1, -0.05) is 11.8 Å². The predicted molar refractivity (Wildman–Crippen MR) is 75.1 cm³/mol. The summed E-state index contributed by atoms with van der Waals surface area (Å²) in [6.45, 7) is 0.278. The normalized spacial score (nSPS) is 15.7. The molecule has 1 aromatic heterocycles. The highest BCUT2D eigenvalue weighted by atomic mass is 32.2. The lowest BCUT2D eigenvalue weighted by molar-refractivity contribution is -0.142. The smallest absolute Gasteiger partial charge is 0.326 e. The number of thioether (sulfide) groups is 1. The molecule has 1 unspecified atom stereocenters. The van der Waals surface area contributed by atoms with Gasteiger partial charge in [-0.05, 0) is 12.8 Å². The number of rotatable bonds is 9. The van der Waals surface area contributed by atoms with Crippen molar-refractivity contribution in [2.45, 2.75) is 36.5 Å². The Kier molecular flexibility index (Phi) is 5.57. The number of carbonyl (C=O) groups is 2. The molecule has 0 aromatic carbocycles. The number of carboxylic acid groups (broad SMARTS) is 1. The maximum absolute atomic E-state index is 11.8. The molecule has 0 spiro atoms. The number of nitrogens with zero attached hydrogens (tertiary/aromatic N) is 3. The van der Waals surface area contributed by atoms with Gasteiger partial charge in [0.1, 0.15) is 12.4 Å². The summed E-state index contributed by atoms with van der Waals surface area (Å²) in [6, 6.07) is -0.488. The van der Waals surface area contributed by atoms with Crippen LogP contribution < -0.4 is 5.32 Å². The number of carbonyl (C=O) groups excluding carboxylic acids is 1. The first-order valence-electron chi connectivity index (χ1n) is 6.65. The van der Waals surface area contributed by atoms with Crippen LogP contribution in [0.15, 0.2) is 11.5 Å². The van der Waals surface area contributed by atoms with E-state index in [-0.39, 0.29) is 24.7 Å². The number of amides is 1. The number of hydrogen-bond donors (Lipinski definition) is 2. The fourth-order valence-corrected chi connectivity index (χ4v) is 2.59. The van der Waals surface area contributed by atoms with Crippen molar-refractivity contribution in [1.29, 1.82) is 0 Å². The Morgan fingerprint density at radius 2 is 2.38 bits per heavy atom. The zero-order valence-electron chi connectivity index (χ0n) is 11.7. The second-order valence-electron chi connectivity index (χ2n) is 4.78. The van der Waals surface area contributed by atoms with Crippen LogP contribution in [0.1, 0.15) is 25.3 Å². The quantitative estimate of drug-likeness (QED) is 0.632. The molecule has 0 saturated heterocycles. The van der Waals surface area contributed by atoms with Crippen LogP contribution in [0, 0.1) is 0 Å². The Morgan fingerprint density at radius 1 is 1.62 bits per heavy atom. The van der Waals surface area contributed by atoms with Crippen molar-refractivity contribution in [3.05, 3.63) is 6.33 Å². The van der Waals surface area contributed by atoms with Crippen molar-refractivity contribution in [3.8, 4) is 0 Å². The average Bonchev–Trinajstić information content (AvgIpc) is 3.19. The molecule has 1 atom stereocenters. The number of ether oxygens (including phenoxy) is 1. The number of carboxylic acids is 1. The lowest BCUT2D eigenvalue weighted by atomic mass is 10.2. The summed E-state index contributed by atoms with van der Waals surface area (Å²) in [7, 11) is 1.49. The van der Waals surface area contributed by atoms with Crippen molar-refractivity contribution >= 4 is 23.6 Å². The fraction of sp³-hybridized carbons (Fsp3) is 0.667. The van der Waals surface area contributed by atoms with Crippen molar-refractivity contribution < 1.29 is 19.4 Å². The first-order valence-corrected chi connectivity index (χ1v) is 7.63. The summed E-state index contributed by atoms with van der Waals surface area (Å²) in [5.74, 6) is -1.29. The second-order valence-corrected chi connectivity index (χ2v) is 5.72. The van der Waals surface area contributed by atoms with Crippen LogP contribution in [0.25, 0.3) is 0 Å². The lowest BCUT2D eigenvalue weighted by Gasteiger charge is -2.13. The SMILES string of the molecule is COCCC(NC(=O)CSc1nncn1C1CC1)C(=O)O. The second kappa shape index (κ2) is 7.41. The molecule has 1 aliphatic rings.